The molecule has 1 rings (SSSR count). The van der Waals surface area contributed by atoms with E-state index in [-0.39, 0.29) is 17.9 Å². The molecule has 0 bridgehead atoms. The van der Waals surface area contributed by atoms with Gasteiger partial charge in [-0.05, 0) is 18.6 Å². The van der Waals surface area contributed by atoms with Crippen molar-refractivity contribution >= 4 is 27.4 Å². The largest absolute Gasteiger partial charge is 0.462 e. The van der Waals surface area contributed by atoms with Crippen LogP contribution in [0.4, 0.5) is 0 Å². The second-order valence-corrected chi connectivity index (χ2v) is 4.34. The molecule has 0 unspecified atom stereocenters. The average Bonchev–Trinajstić information content (AvgIpc) is 2.34. The van der Waals surface area contributed by atoms with E-state index in [2.05, 4.69) is 0 Å². The summed E-state index contributed by atoms with van der Waals surface area (Å²) in [6.07, 6.45) is 6.11. The summed E-state index contributed by atoms with van der Waals surface area (Å²) in [5.74, 6) is -0.497. The van der Waals surface area contributed by atoms with Crippen molar-refractivity contribution < 1.29 is 22.7 Å². The van der Waals surface area contributed by atoms with Crippen molar-refractivity contribution in [1.82, 2.24) is 0 Å². The predicted octanol–water partition coefficient (Wildman–Crippen LogP) is 0.447. The highest BCUT2D eigenvalue weighted by Gasteiger charge is 2.12. The Balaban J connectivity index is 2.48. The summed E-state index contributed by atoms with van der Waals surface area (Å²) in [4.78, 5) is 21.7. The van der Waals surface area contributed by atoms with Gasteiger partial charge in [0, 0.05) is 12.8 Å². The van der Waals surface area contributed by atoms with Crippen molar-refractivity contribution in [2.24, 2.45) is 0 Å². The molecule has 0 heterocycles. The maximum absolute atomic E-state index is 11.4. The number of hydrogen-bond donors (Lipinski definition) is 0. The van der Waals surface area contributed by atoms with Gasteiger partial charge in [-0.1, -0.05) is 6.08 Å². The molecule has 5 nitrogen and oxygen atoms in total. The van der Waals surface area contributed by atoms with Crippen LogP contribution in [-0.4, -0.2) is 32.1 Å². The number of carbonyl (C=O) groups excluding carboxylic acids is 2. The van der Waals surface area contributed by atoms with Crippen LogP contribution >= 0.6 is 0 Å². The van der Waals surface area contributed by atoms with Crippen molar-refractivity contribution in [1.29, 1.82) is 0 Å². The number of allylic oxidation sites excluding steroid dienone is 2. The van der Waals surface area contributed by atoms with Crippen LogP contribution in [0.2, 0.25) is 0 Å². The molecule has 17 heavy (non-hydrogen) atoms. The molecule has 6 heteroatoms. The Labute approximate surface area is 100 Å². The highest BCUT2D eigenvalue weighted by molar-refractivity contribution is 7.73. The third-order valence-corrected chi connectivity index (χ3v) is 2.85. The zero-order valence-corrected chi connectivity index (χ0v) is 9.90. The topological polar surface area (TPSA) is 77.5 Å². The molecule has 0 amide bonds. The lowest BCUT2D eigenvalue weighted by Crippen LogP contribution is -2.11. The normalized spacial score (nSPS) is 14.1. The molecular formula is C11H12O5S. The molecule has 0 N–H and O–H groups in total. The molecule has 0 aromatic rings. The Hall–Kier alpha value is -1.69. The number of ether oxygens (including phenoxy) is 1. The van der Waals surface area contributed by atoms with Gasteiger partial charge < -0.3 is 9.53 Å². The van der Waals surface area contributed by atoms with Crippen LogP contribution in [0.3, 0.4) is 0 Å². The van der Waals surface area contributed by atoms with E-state index in [1.165, 1.54) is 18.2 Å². The molecule has 0 atom stereocenters. The van der Waals surface area contributed by atoms with E-state index in [9.17, 15) is 18.0 Å². The molecule has 0 aromatic carbocycles. The fourth-order valence-corrected chi connectivity index (χ4v) is 1.62. The Kier molecular flexibility index (Phi) is 5.35. The van der Waals surface area contributed by atoms with E-state index in [0.717, 1.165) is 6.29 Å². The minimum absolute atomic E-state index is 0.187. The fraction of sp³-hybridized carbons (Fsp3) is 0.364. The van der Waals surface area contributed by atoms with Gasteiger partial charge in [-0.25, -0.2) is 4.79 Å². The number of hydrogen-bond acceptors (Lipinski definition) is 5. The summed E-state index contributed by atoms with van der Waals surface area (Å²) in [7, 11) is -2.24. The van der Waals surface area contributed by atoms with Crippen LogP contribution in [-0.2, 0) is 24.6 Å². The first-order chi connectivity index (χ1) is 8.15. The van der Waals surface area contributed by atoms with E-state index >= 15 is 0 Å². The minimum atomic E-state index is -2.24. The third-order valence-electron chi connectivity index (χ3n) is 2.12. The maximum Gasteiger partial charge on any atom is 0.337 e. The summed E-state index contributed by atoms with van der Waals surface area (Å²) in [6, 6.07) is 0. The molecule has 1 aliphatic carbocycles. The summed E-state index contributed by atoms with van der Waals surface area (Å²) >= 11 is 0. The van der Waals surface area contributed by atoms with Gasteiger partial charge in [0.1, 0.15) is 6.29 Å². The monoisotopic (exact) mass is 256 g/mol. The van der Waals surface area contributed by atoms with Gasteiger partial charge >= 0.3 is 5.97 Å². The fourth-order valence-electron chi connectivity index (χ4n) is 1.22. The van der Waals surface area contributed by atoms with Gasteiger partial charge in [0.05, 0.1) is 17.0 Å². The van der Waals surface area contributed by atoms with Gasteiger partial charge in [0.2, 0.25) is 10.3 Å². The zero-order chi connectivity index (χ0) is 12.7. The first-order valence-electron chi connectivity index (χ1n) is 5.09. The van der Waals surface area contributed by atoms with E-state index in [4.69, 9.17) is 4.74 Å². The van der Waals surface area contributed by atoms with Gasteiger partial charge in [0.15, 0.2) is 0 Å². The van der Waals surface area contributed by atoms with E-state index in [0.29, 0.717) is 18.4 Å². The zero-order valence-electron chi connectivity index (χ0n) is 9.09. The van der Waals surface area contributed by atoms with Crippen LogP contribution in [0.15, 0.2) is 23.8 Å². The minimum Gasteiger partial charge on any atom is -0.462 e. The third kappa shape index (κ3) is 4.36. The molecule has 0 aliphatic heterocycles. The molecule has 0 saturated heterocycles. The molecular weight excluding hydrogens is 244 g/mol. The van der Waals surface area contributed by atoms with Gasteiger partial charge in [-0.2, -0.15) is 8.42 Å². The quantitative estimate of drug-likeness (QED) is 0.309. The summed E-state index contributed by atoms with van der Waals surface area (Å²) in [5.41, 5.74) is 0.338. The van der Waals surface area contributed by atoms with Crippen LogP contribution in [0.1, 0.15) is 19.3 Å². The van der Waals surface area contributed by atoms with Crippen LogP contribution in [0.25, 0.3) is 0 Å². The van der Waals surface area contributed by atoms with E-state index in [1.807, 2.05) is 0 Å². The Morgan fingerprint density at radius 3 is 2.71 bits per heavy atom. The van der Waals surface area contributed by atoms with Crippen molar-refractivity contribution in [3.05, 3.63) is 23.8 Å². The van der Waals surface area contributed by atoms with Crippen molar-refractivity contribution in [2.75, 3.05) is 6.61 Å². The SMILES string of the molecule is O=CCCCOC(=O)C1=CCC(=S(=O)=O)C=C1. The van der Waals surface area contributed by atoms with Gasteiger partial charge in [-0.15, -0.1) is 0 Å². The molecule has 1 aliphatic rings. The maximum atomic E-state index is 11.4. The smallest absolute Gasteiger partial charge is 0.337 e. The number of unbranched alkanes of at least 4 members (excludes halogenated alkanes) is 1. The van der Waals surface area contributed by atoms with Crippen LogP contribution in [0.5, 0.6) is 0 Å². The number of carbonyl (C=O) groups is 2. The first kappa shape index (κ1) is 13.4. The lowest BCUT2D eigenvalue weighted by atomic mass is 10.1. The standard InChI is InChI=1S/C11H12O5S/c12-7-1-2-8-16-11(13)9-3-5-10(6-4-9)17(14)15/h3-5,7H,1-2,6,8H2. The van der Waals surface area contributed by atoms with Crippen LogP contribution in [0, 0.1) is 0 Å². The summed E-state index contributed by atoms with van der Waals surface area (Å²) in [5, 5.41) is 0. The molecule has 0 spiro atoms. The molecule has 92 valence electrons. The molecule has 0 fully saturated rings. The second-order valence-electron chi connectivity index (χ2n) is 3.34. The summed E-state index contributed by atoms with van der Waals surface area (Å²) < 4.78 is 26.1. The van der Waals surface area contributed by atoms with Gasteiger partial charge in [0.25, 0.3) is 0 Å². The average molecular weight is 256 g/mol. The molecule has 0 aromatic heterocycles. The number of esters is 1. The highest BCUT2D eigenvalue weighted by atomic mass is 32.2. The van der Waals surface area contributed by atoms with E-state index in [1.54, 1.807) is 0 Å². The molecule has 0 radical (unpaired) electrons. The summed E-state index contributed by atoms with van der Waals surface area (Å²) in [6.45, 7) is 0.187. The lowest BCUT2D eigenvalue weighted by molar-refractivity contribution is -0.139. The van der Waals surface area contributed by atoms with Crippen molar-refractivity contribution in [2.45, 2.75) is 19.3 Å². The highest BCUT2D eigenvalue weighted by Crippen LogP contribution is 2.09. The lowest BCUT2D eigenvalue weighted by Gasteiger charge is -2.07. The van der Waals surface area contributed by atoms with Crippen molar-refractivity contribution in [3.8, 4) is 0 Å². The van der Waals surface area contributed by atoms with E-state index < -0.39 is 16.3 Å². The first-order valence-corrected chi connectivity index (χ1v) is 6.16. The van der Waals surface area contributed by atoms with Gasteiger partial charge in [-0.3, -0.25) is 0 Å². The Morgan fingerprint density at radius 1 is 1.41 bits per heavy atom. The van der Waals surface area contributed by atoms with Crippen molar-refractivity contribution in [3.63, 3.8) is 0 Å². The number of aldehydes is 1. The Morgan fingerprint density at radius 2 is 2.18 bits per heavy atom. The second kappa shape index (κ2) is 6.80. The predicted molar refractivity (Wildman–Crippen MR) is 62.0 cm³/mol. The molecule has 0 saturated carbocycles. The Bertz CT molecular complexity index is 488. The van der Waals surface area contributed by atoms with Crippen LogP contribution < -0.4 is 0 Å². The number of rotatable bonds is 5.